The fourth-order valence-corrected chi connectivity index (χ4v) is 0.405. The van der Waals surface area contributed by atoms with E-state index in [9.17, 15) is 4.91 Å². The van der Waals surface area contributed by atoms with Crippen LogP contribution in [0, 0.1) is 4.91 Å². The standard InChI is InChI=1S/C5H4N2O/c6-5-1-3-7(8)4-2-5/h1-4H. The molecule has 0 spiro atoms. The molecule has 0 aromatic carbocycles. The molecule has 1 rings (SSSR count). The Morgan fingerprint density at radius 3 is 2.25 bits per heavy atom. The molecular formula is C5H4N2O. The average molecular weight is 108 g/mol. The van der Waals surface area contributed by atoms with E-state index in [0.29, 0.717) is 4.76 Å². The number of nitrogens with zero attached hydrogens (tertiary/aromatic N) is 2. The fourth-order valence-electron chi connectivity index (χ4n) is 0.405. The Balaban J connectivity index is 2.83. The average Bonchev–Trinajstić information content (AvgIpc) is 1.77. The number of allylic oxidation sites excluding steroid dienone is 2. The van der Waals surface area contributed by atoms with Gasteiger partial charge in [0.1, 0.15) is 0 Å². The molecule has 1 heterocycles. The van der Waals surface area contributed by atoms with Crippen LogP contribution in [0.4, 0.5) is 0 Å². The molecule has 8 heavy (non-hydrogen) atoms. The van der Waals surface area contributed by atoms with Crippen LogP contribution in [0.25, 0.3) is 5.41 Å². The highest BCUT2D eigenvalue weighted by atomic mass is 16.3. The number of hydrogen-bond acceptors (Lipinski definition) is 1. The molecule has 0 N–H and O–H groups in total. The van der Waals surface area contributed by atoms with E-state index in [0.717, 1.165) is 0 Å². The van der Waals surface area contributed by atoms with Gasteiger partial charge in [-0.25, -0.2) is 0 Å². The van der Waals surface area contributed by atoms with Crippen molar-refractivity contribution >= 4 is 5.71 Å². The molecule has 1 aliphatic heterocycles. The van der Waals surface area contributed by atoms with Crippen molar-refractivity contribution in [2.75, 3.05) is 0 Å². The highest BCUT2D eigenvalue weighted by Gasteiger charge is 1.97. The predicted molar refractivity (Wildman–Crippen MR) is 30.3 cm³/mol. The number of hydrogen-bond donors (Lipinski definition) is 0. The summed E-state index contributed by atoms with van der Waals surface area (Å²) in [5.41, 5.74) is 0.108. The van der Waals surface area contributed by atoms with Crippen LogP contribution >= 0.6 is 0 Å². The SMILES string of the molecule is [N-]=C1C=C[N+](=O)C=C1. The summed E-state index contributed by atoms with van der Waals surface area (Å²) in [6.07, 6.45) is 5.12. The lowest BCUT2D eigenvalue weighted by Crippen LogP contribution is -1.96. The second kappa shape index (κ2) is 1.69. The van der Waals surface area contributed by atoms with Crippen LogP contribution in [0.15, 0.2) is 24.6 Å². The first kappa shape index (κ1) is 4.90. The van der Waals surface area contributed by atoms with Gasteiger partial charge in [0.15, 0.2) is 0 Å². The molecule has 0 aliphatic carbocycles. The van der Waals surface area contributed by atoms with Crippen molar-refractivity contribution in [3.8, 4) is 0 Å². The number of rotatable bonds is 0. The number of nitroso groups, excluding NO2 is 1. The van der Waals surface area contributed by atoms with Gasteiger partial charge in [0.2, 0.25) is 12.4 Å². The van der Waals surface area contributed by atoms with E-state index in [1.54, 1.807) is 0 Å². The maximum atomic E-state index is 10.2. The third-order valence-electron chi connectivity index (χ3n) is 0.784. The van der Waals surface area contributed by atoms with E-state index in [1.807, 2.05) is 0 Å². The minimum Gasteiger partial charge on any atom is -0.804 e. The van der Waals surface area contributed by atoms with E-state index in [-0.39, 0.29) is 5.71 Å². The van der Waals surface area contributed by atoms with Crippen LogP contribution in [-0.4, -0.2) is 10.5 Å². The summed E-state index contributed by atoms with van der Waals surface area (Å²) in [6.45, 7) is 0. The first-order valence-corrected chi connectivity index (χ1v) is 2.17. The Hall–Kier alpha value is -1.25. The van der Waals surface area contributed by atoms with E-state index in [1.165, 1.54) is 24.6 Å². The second-order valence-electron chi connectivity index (χ2n) is 1.42. The smallest absolute Gasteiger partial charge is 0.226 e. The lowest BCUT2D eigenvalue weighted by molar-refractivity contribution is -0.402. The molecule has 0 saturated carbocycles. The highest BCUT2D eigenvalue weighted by molar-refractivity contribution is 6.06. The third kappa shape index (κ3) is 0.872. The molecule has 0 aromatic rings. The monoisotopic (exact) mass is 108 g/mol. The Morgan fingerprint density at radius 1 is 1.38 bits per heavy atom. The molecule has 0 radical (unpaired) electrons. The second-order valence-corrected chi connectivity index (χ2v) is 1.42. The van der Waals surface area contributed by atoms with Crippen molar-refractivity contribution in [2.24, 2.45) is 0 Å². The van der Waals surface area contributed by atoms with E-state index < -0.39 is 0 Å². The van der Waals surface area contributed by atoms with Crippen molar-refractivity contribution in [2.45, 2.75) is 0 Å². The van der Waals surface area contributed by atoms with Crippen LogP contribution in [-0.2, 0) is 0 Å². The molecule has 0 aromatic heterocycles. The van der Waals surface area contributed by atoms with E-state index >= 15 is 0 Å². The summed E-state index contributed by atoms with van der Waals surface area (Å²) in [5.74, 6) is 0. The van der Waals surface area contributed by atoms with Crippen LogP contribution < -0.4 is 0 Å². The van der Waals surface area contributed by atoms with Crippen molar-refractivity contribution in [3.63, 3.8) is 0 Å². The highest BCUT2D eigenvalue weighted by Crippen LogP contribution is 1.91. The van der Waals surface area contributed by atoms with Crippen molar-refractivity contribution < 1.29 is 4.76 Å². The van der Waals surface area contributed by atoms with Gasteiger partial charge in [-0.05, 0) is 12.2 Å². The summed E-state index contributed by atoms with van der Waals surface area (Å²) in [4.78, 5) is 10.2. The van der Waals surface area contributed by atoms with Gasteiger partial charge in [-0.3, -0.25) is 0 Å². The van der Waals surface area contributed by atoms with Crippen molar-refractivity contribution in [1.29, 1.82) is 0 Å². The van der Waals surface area contributed by atoms with Gasteiger partial charge in [-0.15, -0.1) is 5.71 Å². The van der Waals surface area contributed by atoms with Gasteiger partial charge in [0.05, 0.1) is 4.76 Å². The zero-order chi connectivity index (χ0) is 5.98. The van der Waals surface area contributed by atoms with E-state index in [4.69, 9.17) is 5.41 Å². The maximum Gasteiger partial charge on any atom is 0.226 e. The summed E-state index contributed by atoms with van der Waals surface area (Å²) < 4.78 is 0.611. The van der Waals surface area contributed by atoms with Crippen LogP contribution in [0.2, 0.25) is 0 Å². The molecular weight excluding hydrogens is 104 g/mol. The Morgan fingerprint density at radius 2 is 1.88 bits per heavy atom. The topological polar surface area (TPSA) is 42.4 Å². The van der Waals surface area contributed by atoms with Gasteiger partial charge >= 0.3 is 0 Å². The van der Waals surface area contributed by atoms with Gasteiger partial charge in [0, 0.05) is 4.91 Å². The van der Waals surface area contributed by atoms with Crippen LogP contribution in [0.3, 0.4) is 0 Å². The van der Waals surface area contributed by atoms with Gasteiger partial charge < -0.3 is 5.41 Å². The summed E-state index contributed by atoms with van der Waals surface area (Å²) in [7, 11) is 0. The Labute approximate surface area is 46.4 Å². The Bertz CT molecular complexity index is 153. The van der Waals surface area contributed by atoms with Gasteiger partial charge in [-0.1, -0.05) is 0 Å². The predicted octanol–water partition coefficient (Wildman–Crippen LogP) is 0.817. The fraction of sp³-hybridized carbons (Fsp3) is 0. The molecule has 3 heteroatoms. The van der Waals surface area contributed by atoms with Crippen LogP contribution in [0.5, 0.6) is 0 Å². The lowest BCUT2D eigenvalue weighted by atomic mass is 10.3. The lowest BCUT2D eigenvalue weighted by Gasteiger charge is -1.95. The summed E-state index contributed by atoms with van der Waals surface area (Å²) in [5, 5.41) is 8.60. The Kier molecular flexibility index (Phi) is 1.04. The van der Waals surface area contributed by atoms with Crippen molar-refractivity contribution in [1.82, 2.24) is 0 Å². The molecule has 0 atom stereocenters. The molecule has 0 unspecified atom stereocenters. The zero-order valence-corrected chi connectivity index (χ0v) is 4.11. The molecule has 0 bridgehead atoms. The van der Waals surface area contributed by atoms with Crippen LogP contribution in [0.1, 0.15) is 0 Å². The zero-order valence-electron chi connectivity index (χ0n) is 4.11. The van der Waals surface area contributed by atoms with Gasteiger partial charge in [-0.2, -0.15) is 0 Å². The molecule has 3 nitrogen and oxygen atoms in total. The molecule has 0 fully saturated rings. The molecule has 0 saturated heterocycles. The summed E-state index contributed by atoms with van der Waals surface area (Å²) in [6, 6.07) is 0. The largest absolute Gasteiger partial charge is 0.804 e. The van der Waals surface area contributed by atoms with E-state index in [2.05, 4.69) is 0 Å². The minimum atomic E-state index is 0.108. The maximum absolute atomic E-state index is 10.2. The minimum absolute atomic E-state index is 0.108. The normalized spacial score (nSPS) is 17.5. The first-order chi connectivity index (χ1) is 3.79. The summed E-state index contributed by atoms with van der Waals surface area (Å²) >= 11 is 0. The van der Waals surface area contributed by atoms with Gasteiger partial charge in [0.25, 0.3) is 0 Å². The third-order valence-corrected chi connectivity index (χ3v) is 0.784. The molecule has 0 amide bonds. The molecule has 40 valence electrons. The molecule has 1 aliphatic rings. The van der Waals surface area contributed by atoms with Crippen molar-refractivity contribution in [3.05, 3.63) is 34.9 Å². The quantitative estimate of drug-likeness (QED) is 0.423. The first-order valence-electron chi connectivity index (χ1n) is 2.17.